The van der Waals surface area contributed by atoms with E-state index in [1.807, 2.05) is 0 Å². The standard InChI is InChI=1S/C14H27BrO/c1-4-13(2,3)16-12-14(11-15)9-7-5-6-8-10-14/h4-12H2,1-3H3. The number of halogens is 1. The summed E-state index contributed by atoms with van der Waals surface area (Å²) in [7, 11) is 0. The van der Waals surface area contributed by atoms with Gasteiger partial charge in [-0.3, -0.25) is 0 Å². The van der Waals surface area contributed by atoms with E-state index in [1.165, 1.54) is 38.5 Å². The number of alkyl halides is 1. The lowest BCUT2D eigenvalue weighted by Crippen LogP contribution is -2.34. The SMILES string of the molecule is CCC(C)(C)OCC1(CBr)CCCCCC1. The Balaban J connectivity index is 2.51. The lowest BCUT2D eigenvalue weighted by Gasteiger charge is -2.35. The van der Waals surface area contributed by atoms with E-state index in [1.54, 1.807) is 0 Å². The molecule has 0 aromatic heterocycles. The van der Waals surface area contributed by atoms with Crippen LogP contribution in [-0.4, -0.2) is 17.5 Å². The van der Waals surface area contributed by atoms with Gasteiger partial charge in [-0.15, -0.1) is 0 Å². The van der Waals surface area contributed by atoms with Crippen LogP contribution in [0.4, 0.5) is 0 Å². The molecule has 1 aliphatic carbocycles. The van der Waals surface area contributed by atoms with Crippen LogP contribution < -0.4 is 0 Å². The Morgan fingerprint density at radius 3 is 2.12 bits per heavy atom. The summed E-state index contributed by atoms with van der Waals surface area (Å²) in [5.74, 6) is 0. The monoisotopic (exact) mass is 290 g/mol. The number of rotatable bonds is 5. The van der Waals surface area contributed by atoms with Crippen molar-refractivity contribution in [2.24, 2.45) is 5.41 Å². The Hall–Kier alpha value is 0.440. The maximum atomic E-state index is 6.14. The average molecular weight is 291 g/mol. The van der Waals surface area contributed by atoms with E-state index in [2.05, 4.69) is 36.7 Å². The molecule has 0 amide bonds. The van der Waals surface area contributed by atoms with Gasteiger partial charge in [-0.05, 0) is 33.1 Å². The van der Waals surface area contributed by atoms with Crippen LogP contribution in [0.3, 0.4) is 0 Å². The number of hydrogen-bond acceptors (Lipinski definition) is 1. The second-order valence-electron chi connectivity index (χ2n) is 5.95. The molecular weight excluding hydrogens is 264 g/mol. The Bertz CT molecular complexity index is 193. The predicted molar refractivity (Wildman–Crippen MR) is 74.3 cm³/mol. The minimum absolute atomic E-state index is 0.0431. The second-order valence-corrected chi connectivity index (χ2v) is 6.51. The van der Waals surface area contributed by atoms with E-state index in [4.69, 9.17) is 4.74 Å². The molecule has 0 unspecified atom stereocenters. The van der Waals surface area contributed by atoms with Crippen molar-refractivity contribution in [3.05, 3.63) is 0 Å². The fourth-order valence-corrected chi connectivity index (χ4v) is 2.97. The van der Waals surface area contributed by atoms with Crippen molar-refractivity contribution in [3.63, 3.8) is 0 Å². The summed E-state index contributed by atoms with van der Waals surface area (Å²) in [5.41, 5.74) is 0.449. The highest BCUT2D eigenvalue weighted by molar-refractivity contribution is 9.09. The summed E-state index contributed by atoms with van der Waals surface area (Å²) >= 11 is 3.71. The number of ether oxygens (including phenoxy) is 1. The molecule has 16 heavy (non-hydrogen) atoms. The zero-order chi connectivity index (χ0) is 12.1. The van der Waals surface area contributed by atoms with Crippen LogP contribution in [0.5, 0.6) is 0 Å². The van der Waals surface area contributed by atoms with Crippen molar-refractivity contribution in [3.8, 4) is 0 Å². The molecule has 0 radical (unpaired) electrons. The van der Waals surface area contributed by atoms with Crippen molar-refractivity contribution in [2.45, 2.75) is 71.3 Å². The first-order valence-electron chi connectivity index (χ1n) is 6.73. The molecule has 96 valence electrons. The highest BCUT2D eigenvalue weighted by Gasteiger charge is 2.32. The minimum atomic E-state index is 0.0431. The summed E-state index contributed by atoms with van der Waals surface area (Å²) in [5, 5.41) is 1.10. The first-order valence-corrected chi connectivity index (χ1v) is 7.86. The van der Waals surface area contributed by atoms with Crippen LogP contribution in [0.15, 0.2) is 0 Å². The van der Waals surface area contributed by atoms with Gasteiger partial charge < -0.3 is 4.74 Å². The first-order chi connectivity index (χ1) is 7.54. The lowest BCUT2D eigenvalue weighted by molar-refractivity contribution is -0.0627. The highest BCUT2D eigenvalue weighted by Crippen LogP contribution is 2.38. The summed E-state index contributed by atoms with van der Waals surface area (Å²) in [4.78, 5) is 0. The fourth-order valence-electron chi connectivity index (χ4n) is 2.25. The quantitative estimate of drug-likeness (QED) is 0.515. The van der Waals surface area contributed by atoms with Gasteiger partial charge in [-0.25, -0.2) is 0 Å². The van der Waals surface area contributed by atoms with Crippen LogP contribution in [0.2, 0.25) is 0 Å². The summed E-state index contributed by atoms with van der Waals surface area (Å²) < 4.78 is 6.14. The molecule has 0 N–H and O–H groups in total. The van der Waals surface area contributed by atoms with E-state index < -0.39 is 0 Å². The maximum absolute atomic E-state index is 6.14. The molecule has 1 fully saturated rings. The third-order valence-corrected chi connectivity index (χ3v) is 5.26. The van der Waals surface area contributed by atoms with Gasteiger partial charge in [-0.1, -0.05) is 48.5 Å². The molecule has 1 rings (SSSR count). The van der Waals surface area contributed by atoms with Crippen molar-refractivity contribution in [1.82, 2.24) is 0 Å². The fraction of sp³-hybridized carbons (Fsp3) is 1.00. The van der Waals surface area contributed by atoms with Crippen molar-refractivity contribution < 1.29 is 4.74 Å². The minimum Gasteiger partial charge on any atom is -0.375 e. The van der Waals surface area contributed by atoms with Crippen LogP contribution in [0.1, 0.15) is 65.7 Å². The molecule has 0 atom stereocenters. The second kappa shape index (κ2) is 6.39. The van der Waals surface area contributed by atoms with Crippen LogP contribution in [-0.2, 0) is 4.74 Å². The van der Waals surface area contributed by atoms with Crippen molar-refractivity contribution >= 4 is 15.9 Å². The highest BCUT2D eigenvalue weighted by atomic mass is 79.9. The van der Waals surface area contributed by atoms with E-state index in [0.717, 1.165) is 18.4 Å². The van der Waals surface area contributed by atoms with E-state index >= 15 is 0 Å². The largest absolute Gasteiger partial charge is 0.375 e. The molecule has 0 aromatic rings. The average Bonchev–Trinajstić information content (AvgIpc) is 2.53. The Kier molecular flexibility index (Phi) is 5.79. The van der Waals surface area contributed by atoms with Gasteiger partial charge in [0, 0.05) is 10.7 Å². The van der Waals surface area contributed by atoms with E-state index in [9.17, 15) is 0 Å². The first kappa shape index (κ1) is 14.5. The maximum Gasteiger partial charge on any atom is 0.0624 e. The van der Waals surface area contributed by atoms with Crippen LogP contribution in [0, 0.1) is 5.41 Å². The molecular formula is C14H27BrO. The zero-order valence-electron chi connectivity index (χ0n) is 11.2. The predicted octanol–water partition coefficient (Wildman–Crippen LogP) is 4.93. The lowest BCUT2D eigenvalue weighted by atomic mass is 9.83. The molecule has 2 heteroatoms. The molecule has 1 saturated carbocycles. The number of hydrogen-bond donors (Lipinski definition) is 0. The van der Waals surface area contributed by atoms with E-state index in [-0.39, 0.29) is 5.60 Å². The van der Waals surface area contributed by atoms with Crippen LogP contribution in [0.25, 0.3) is 0 Å². The molecule has 0 aliphatic heterocycles. The van der Waals surface area contributed by atoms with Gasteiger partial charge in [0.05, 0.1) is 12.2 Å². The van der Waals surface area contributed by atoms with Gasteiger partial charge in [0.15, 0.2) is 0 Å². The molecule has 1 nitrogen and oxygen atoms in total. The Labute approximate surface area is 109 Å². The van der Waals surface area contributed by atoms with Gasteiger partial charge in [0.25, 0.3) is 0 Å². The van der Waals surface area contributed by atoms with E-state index in [0.29, 0.717) is 5.41 Å². The molecule has 0 saturated heterocycles. The summed E-state index contributed by atoms with van der Waals surface area (Å²) in [6, 6.07) is 0. The molecule has 0 bridgehead atoms. The molecule has 0 heterocycles. The third-order valence-electron chi connectivity index (χ3n) is 4.07. The summed E-state index contributed by atoms with van der Waals surface area (Å²) in [6.45, 7) is 7.53. The van der Waals surface area contributed by atoms with Crippen molar-refractivity contribution in [2.75, 3.05) is 11.9 Å². The molecule has 0 aromatic carbocycles. The summed E-state index contributed by atoms with van der Waals surface area (Å²) in [6.07, 6.45) is 9.32. The van der Waals surface area contributed by atoms with Gasteiger partial charge in [0.1, 0.15) is 0 Å². The normalized spacial score (nSPS) is 21.8. The van der Waals surface area contributed by atoms with Gasteiger partial charge >= 0.3 is 0 Å². The topological polar surface area (TPSA) is 9.23 Å². The van der Waals surface area contributed by atoms with Crippen molar-refractivity contribution in [1.29, 1.82) is 0 Å². The third kappa shape index (κ3) is 4.37. The smallest absolute Gasteiger partial charge is 0.0624 e. The molecule has 0 spiro atoms. The van der Waals surface area contributed by atoms with Crippen LogP contribution >= 0.6 is 15.9 Å². The van der Waals surface area contributed by atoms with Gasteiger partial charge in [-0.2, -0.15) is 0 Å². The van der Waals surface area contributed by atoms with Gasteiger partial charge in [0.2, 0.25) is 0 Å². The Morgan fingerprint density at radius 2 is 1.69 bits per heavy atom. The Morgan fingerprint density at radius 1 is 1.12 bits per heavy atom. The zero-order valence-corrected chi connectivity index (χ0v) is 12.7. The molecule has 1 aliphatic rings.